The Morgan fingerprint density at radius 3 is 2.47 bits per heavy atom. The minimum Gasteiger partial charge on any atom is -0.361 e. The second-order valence-electron chi connectivity index (χ2n) is 8.12. The van der Waals surface area contributed by atoms with Gasteiger partial charge in [0, 0.05) is 62.7 Å². The lowest BCUT2D eigenvalue weighted by Gasteiger charge is -2.36. The van der Waals surface area contributed by atoms with Crippen LogP contribution in [0.1, 0.15) is 12.5 Å². The van der Waals surface area contributed by atoms with Crippen molar-refractivity contribution in [1.29, 1.82) is 0 Å². The molecule has 0 bridgehead atoms. The van der Waals surface area contributed by atoms with Gasteiger partial charge >= 0.3 is 0 Å². The summed E-state index contributed by atoms with van der Waals surface area (Å²) in [7, 11) is -4.18. The molecule has 2 aromatic carbocycles. The van der Waals surface area contributed by atoms with E-state index in [4.69, 9.17) is 0 Å². The number of carbonyl (C=O) groups is 2. The van der Waals surface area contributed by atoms with Crippen molar-refractivity contribution in [1.82, 2.24) is 19.5 Å². The Hall–Kier alpha value is -3.31. The number of para-hydroxylation sites is 1. The molecule has 0 unspecified atom stereocenters. The van der Waals surface area contributed by atoms with Gasteiger partial charge in [0.2, 0.25) is 21.8 Å². The van der Waals surface area contributed by atoms with Crippen molar-refractivity contribution < 1.29 is 26.8 Å². The summed E-state index contributed by atoms with van der Waals surface area (Å²) < 4.78 is 53.9. The first-order valence-corrected chi connectivity index (χ1v) is 12.2. The maximum Gasteiger partial charge on any atom is 0.246 e. The molecule has 1 aliphatic rings. The summed E-state index contributed by atoms with van der Waals surface area (Å²) in [6, 6.07) is 9.10. The van der Waals surface area contributed by atoms with Crippen molar-refractivity contribution in [3.05, 3.63) is 65.9 Å². The highest BCUT2D eigenvalue weighted by molar-refractivity contribution is 7.89. The standard InChI is InChI=1S/C23H24F2N4O4S/c1-15(30)27-21(12-16-14-26-20-5-3-2-4-18(16)20)23(31)28-8-10-29(11-9-28)34(32,33)22-7-6-17(24)13-19(22)25/h2-7,13-14,21,26H,8-12H2,1H3,(H,27,30)/t21-/m0/s1. The molecule has 1 saturated heterocycles. The number of hydrogen-bond donors (Lipinski definition) is 2. The van der Waals surface area contributed by atoms with E-state index in [9.17, 15) is 26.8 Å². The van der Waals surface area contributed by atoms with Crippen LogP contribution in [0.4, 0.5) is 8.78 Å². The first kappa shape index (κ1) is 23.8. The number of benzene rings is 2. The summed E-state index contributed by atoms with van der Waals surface area (Å²) in [5.41, 5.74) is 1.79. The molecule has 8 nitrogen and oxygen atoms in total. The summed E-state index contributed by atoms with van der Waals surface area (Å²) in [5, 5.41) is 3.65. The van der Waals surface area contributed by atoms with E-state index in [2.05, 4.69) is 10.3 Å². The Kier molecular flexibility index (Phi) is 6.67. The number of halogens is 2. The monoisotopic (exact) mass is 490 g/mol. The van der Waals surface area contributed by atoms with Crippen molar-refractivity contribution in [2.45, 2.75) is 24.3 Å². The number of hydrogen-bond acceptors (Lipinski definition) is 4. The largest absolute Gasteiger partial charge is 0.361 e. The molecule has 11 heteroatoms. The SMILES string of the molecule is CC(=O)N[C@@H](Cc1c[nH]c2ccccc12)C(=O)N1CCN(S(=O)(=O)c2ccc(F)cc2F)CC1. The van der Waals surface area contributed by atoms with Gasteiger partial charge in [-0.1, -0.05) is 18.2 Å². The molecule has 34 heavy (non-hydrogen) atoms. The van der Waals surface area contributed by atoms with E-state index in [0.29, 0.717) is 6.07 Å². The maximum atomic E-state index is 14.1. The smallest absolute Gasteiger partial charge is 0.246 e. The number of nitrogens with one attached hydrogen (secondary N) is 2. The van der Waals surface area contributed by atoms with Crippen LogP contribution in [-0.4, -0.2) is 66.6 Å². The van der Waals surface area contributed by atoms with Gasteiger partial charge in [0.15, 0.2) is 0 Å². The minimum atomic E-state index is -4.18. The molecule has 0 saturated carbocycles. The first-order valence-electron chi connectivity index (χ1n) is 10.7. The Morgan fingerprint density at radius 1 is 1.09 bits per heavy atom. The highest BCUT2D eigenvalue weighted by atomic mass is 32.2. The molecule has 4 rings (SSSR count). The van der Waals surface area contributed by atoms with Crippen LogP contribution in [0.5, 0.6) is 0 Å². The summed E-state index contributed by atoms with van der Waals surface area (Å²) in [5.74, 6) is -2.72. The van der Waals surface area contributed by atoms with Crippen molar-refractivity contribution in [3.8, 4) is 0 Å². The molecule has 3 aromatic rings. The number of rotatable bonds is 6. The van der Waals surface area contributed by atoms with Gasteiger partial charge in [0.1, 0.15) is 22.6 Å². The molecule has 0 aliphatic carbocycles. The highest BCUT2D eigenvalue weighted by Crippen LogP contribution is 2.23. The third-order valence-electron chi connectivity index (χ3n) is 5.84. The van der Waals surface area contributed by atoms with Crippen molar-refractivity contribution in [2.24, 2.45) is 0 Å². The zero-order valence-corrected chi connectivity index (χ0v) is 19.2. The van der Waals surface area contributed by atoms with Gasteiger partial charge < -0.3 is 15.2 Å². The van der Waals surface area contributed by atoms with Gasteiger partial charge in [-0.3, -0.25) is 9.59 Å². The molecule has 180 valence electrons. The number of nitrogens with zero attached hydrogens (tertiary/aromatic N) is 2. The fraction of sp³-hybridized carbons (Fsp3) is 0.304. The number of aromatic amines is 1. The van der Waals surface area contributed by atoms with E-state index in [1.54, 1.807) is 6.20 Å². The second kappa shape index (κ2) is 9.51. The Balaban J connectivity index is 1.47. The van der Waals surface area contributed by atoms with E-state index in [1.807, 2.05) is 24.3 Å². The molecule has 1 aliphatic heterocycles. The normalized spacial score (nSPS) is 15.9. The van der Waals surface area contributed by atoms with Crippen LogP contribution in [0.15, 0.2) is 53.6 Å². The van der Waals surface area contributed by atoms with E-state index in [1.165, 1.54) is 11.8 Å². The Bertz CT molecular complexity index is 1330. The van der Waals surface area contributed by atoms with Crippen molar-refractivity contribution in [3.63, 3.8) is 0 Å². The third-order valence-corrected chi connectivity index (χ3v) is 7.77. The zero-order valence-electron chi connectivity index (χ0n) is 18.4. The molecule has 1 atom stereocenters. The lowest BCUT2D eigenvalue weighted by molar-refractivity contribution is -0.137. The molecule has 0 spiro atoms. The predicted molar refractivity (Wildman–Crippen MR) is 121 cm³/mol. The Morgan fingerprint density at radius 2 is 1.79 bits per heavy atom. The minimum absolute atomic E-state index is 0.0508. The maximum absolute atomic E-state index is 14.1. The van der Waals surface area contributed by atoms with Gasteiger partial charge in [0.05, 0.1) is 0 Å². The molecule has 1 fully saturated rings. The van der Waals surface area contributed by atoms with Gasteiger partial charge in [-0.05, 0) is 23.8 Å². The number of piperazine rings is 1. The van der Waals surface area contributed by atoms with Gasteiger partial charge in [-0.15, -0.1) is 0 Å². The van der Waals surface area contributed by atoms with Gasteiger partial charge in [0.25, 0.3) is 0 Å². The average Bonchev–Trinajstić information content (AvgIpc) is 3.20. The molecular formula is C23H24F2N4O4S. The van der Waals surface area contributed by atoms with Crippen LogP contribution in [0, 0.1) is 11.6 Å². The number of H-pyrrole nitrogens is 1. The number of sulfonamides is 1. The summed E-state index contributed by atoms with van der Waals surface area (Å²) >= 11 is 0. The van der Waals surface area contributed by atoms with Crippen LogP contribution >= 0.6 is 0 Å². The average molecular weight is 491 g/mol. The van der Waals surface area contributed by atoms with Gasteiger partial charge in [-0.2, -0.15) is 4.31 Å². The van der Waals surface area contributed by atoms with Crippen LogP contribution in [-0.2, 0) is 26.0 Å². The van der Waals surface area contributed by atoms with Crippen molar-refractivity contribution >= 4 is 32.7 Å². The quantitative estimate of drug-likeness (QED) is 0.552. The summed E-state index contributed by atoms with van der Waals surface area (Å²) in [6.45, 7) is 1.38. The lowest BCUT2D eigenvalue weighted by Crippen LogP contribution is -2.56. The lowest BCUT2D eigenvalue weighted by atomic mass is 10.0. The van der Waals surface area contributed by atoms with Crippen LogP contribution in [0.3, 0.4) is 0 Å². The van der Waals surface area contributed by atoms with E-state index >= 15 is 0 Å². The fourth-order valence-corrected chi connectivity index (χ4v) is 5.63. The number of aromatic nitrogens is 1. The summed E-state index contributed by atoms with van der Waals surface area (Å²) in [6.07, 6.45) is 2.07. The topological polar surface area (TPSA) is 103 Å². The highest BCUT2D eigenvalue weighted by Gasteiger charge is 2.34. The Labute approximate surface area is 195 Å². The molecular weight excluding hydrogens is 466 g/mol. The molecule has 2 heterocycles. The zero-order chi connectivity index (χ0) is 24.5. The van der Waals surface area contributed by atoms with Crippen LogP contribution < -0.4 is 5.32 Å². The van der Waals surface area contributed by atoms with Crippen molar-refractivity contribution in [2.75, 3.05) is 26.2 Å². The van der Waals surface area contributed by atoms with E-state index in [-0.39, 0.29) is 44.4 Å². The van der Waals surface area contributed by atoms with Crippen LogP contribution in [0.25, 0.3) is 10.9 Å². The number of carbonyl (C=O) groups excluding carboxylic acids is 2. The molecule has 2 N–H and O–H groups in total. The number of fused-ring (bicyclic) bond motifs is 1. The molecule has 2 amide bonds. The predicted octanol–water partition coefficient (Wildman–Crippen LogP) is 2.03. The summed E-state index contributed by atoms with van der Waals surface area (Å²) in [4.78, 5) is 29.1. The third kappa shape index (κ3) is 4.80. The fourth-order valence-electron chi connectivity index (χ4n) is 4.16. The van der Waals surface area contributed by atoms with Crippen LogP contribution in [0.2, 0.25) is 0 Å². The van der Waals surface area contributed by atoms with Gasteiger partial charge in [-0.25, -0.2) is 17.2 Å². The molecule has 1 aromatic heterocycles. The van der Waals surface area contributed by atoms with E-state index < -0.39 is 32.6 Å². The first-order chi connectivity index (χ1) is 16.2. The number of amides is 2. The van der Waals surface area contributed by atoms with E-state index in [0.717, 1.165) is 32.9 Å². The second-order valence-corrected chi connectivity index (χ2v) is 10.0. The molecule has 0 radical (unpaired) electrons.